The number of carboxylic acids is 1. The van der Waals surface area contributed by atoms with Gasteiger partial charge in [0, 0.05) is 5.03 Å². The van der Waals surface area contributed by atoms with Gasteiger partial charge in [-0.2, -0.15) is 13.2 Å². The number of rotatable bonds is 2. The van der Waals surface area contributed by atoms with Crippen molar-refractivity contribution in [3.63, 3.8) is 0 Å². The van der Waals surface area contributed by atoms with Gasteiger partial charge in [0.25, 0.3) is 0 Å². The fourth-order valence-electron chi connectivity index (χ4n) is 2.63. The maximum absolute atomic E-state index is 12.9. The number of allylic oxidation sites excluding steroid dienone is 2. The summed E-state index contributed by atoms with van der Waals surface area (Å²) in [5.41, 5.74) is 1.31. The number of carbonyl (C=O) groups is 1. The Labute approximate surface area is 119 Å². The molecule has 0 aromatic heterocycles. The maximum atomic E-state index is 12.9. The van der Waals surface area contributed by atoms with Crippen LogP contribution in [0.25, 0.3) is 0 Å². The van der Waals surface area contributed by atoms with Crippen molar-refractivity contribution in [3.05, 3.63) is 22.3 Å². The van der Waals surface area contributed by atoms with Gasteiger partial charge in [-0.3, -0.25) is 4.79 Å². The Morgan fingerprint density at radius 2 is 2.20 bits per heavy atom. The van der Waals surface area contributed by atoms with Crippen LogP contribution in [0.4, 0.5) is 13.2 Å². The maximum Gasteiger partial charge on any atom is 0.414 e. The van der Waals surface area contributed by atoms with E-state index in [4.69, 9.17) is 21.4 Å². The van der Waals surface area contributed by atoms with E-state index >= 15 is 0 Å². The predicted molar refractivity (Wildman–Crippen MR) is 66.3 cm³/mol. The molecule has 112 valence electrons. The fourth-order valence-corrected chi connectivity index (χ4v) is 2.84. The second kappa shape index (κ2) is 5.41. The molecular formula is C13H14ClF3O3. The molecule has 2 aliphatic rings. The lowest BCUT2D eigenvalue weighted by Gasteiger charge is -2.40. The van der Waals surface area contributed by atoms with Crippen LogP contribution in [0.15, 0.2) is 22.3 Å². The van der Waals surface area contributed by atoms with E-state index in [-0.39, 0.29) is 19.3 Å². The second-order valence-electron chi connectivity index (χ2n) is 5.16. The van der Waals surface area contributed by atoms with E-state index in [0.29, 0.717) is 10.6 Å². The van der Waals surface area contributed by atoms with Gasteiger partial charge >= 0.3 is 12.1 Å². The Balaban J connectivity index is 2.30. The number of hydrogen-bond donors (Lipinski definition) is 1. The number of fused-ring (bicyclic) bond motifs is 1. The zero-order chi connectivity index (χ0) is 15.1. The molecule has 3 nitrogen and oxygen atoms in total. The molecule has 1 fully saturated rings. The molecule has 0 aromatic rings. The van der Waals surface area contributed by atoms with Crippen molar-refractivity contribution < 1.29 is 27.8 Å². The minimum absolute atomic E-state index is 0.271. The van der Waals surface area contributed by atoms with Gasteiger partial charge in [-0.25, -0.2) is 0 Å². The molecule has 0 radical (unpaired) electrons. The van der Waals surface area contributed by atoms with Crippen LogP contribution >= 0.6 is 11.6 Å². The molecule has 3 unspecified atom stereocenters. The van der Waals surface area contributed by atoms with Crippen LogP contribution in [-0.4, -0.2) is 29.5 Å². The summed E-state index contributed by atoms with van der Waals surface area (Å²) in [5.74, 6) is -1.82. The van der Waals surface area contributed by atoms with E-state index < -0.39 is 30.3 Å². The van der Waals surface area contributed by atoms with Crippen molar-refractivity contribution in [2.45, 2.75) is 44.6 Å². The van der Waals surface area contributed by atoms with Crippen LogP contribution in [0, 0.1) is 5.92 Å². The summed E-state index contributed by atoms with van der Waals surface area (Å²) in [4.78, 5) is 10.8. The Hall–Kier alpha value is -1.01. The minimum atomic E-state index is -4.48. The second-order valence-corrected chi connectivity index (χ2v) is 5.57. The Bertz CT molecular complexity index is 482. The summed E-state index contributed by atoms with van der Waals surface area (Å²) in [7, 11) is 0. The van der Waals surface area contributed by atoms with Gasteiger partial charge in [0.2, 0.25) is 0 Å². The molecule has 3 atom stereocenters. The SMILES string of the molecule is CC1=C(Cl)C=C2C(CC(=O)O)CC(C(F)(F)F)OC2C1. The molecule has 0 bridgehead atoms. The van der Waals surface area contributed by atoms with Crippen LogP contribution in [0.2, 0.25) is 0 Å². The molecule has 0 aromatic carbocycles. The summed E-state index contributed by atoms with van der Waals surface area (Å²) in [6, 6.07) is 0. The summed E-state index contributed by atoms with van der Waals surface area (Å²) >= 11 is 5.99. The van der Waals surface area contributed by atoms with Gasteiger partial charge in [0.05, 0.1) is 12.5 Å². The van der Waals surface area contributed by atoms with E-state index in [2.05, 4.69) is 0 Å². The van der Waals surface area contributed by atoms with Crippen LogP contribution in [0.5, 0.6) is 0 Å². The summed E-state index contributed by atoms with van der Waals surface area (Å²) < 4.78 is 43.7. The lowest BCUT2D eigenvalue weighted by molar-refractivity contribution is -0.242. The highest BCUT2D eigenvalue weighted by Gasteiger charge is 2.48. The number of carboxylic acid groups (broad SMARTS) is 1. The van der Waals surface area contributed by atoms with E-state index in [9.17, 15) is 18.0 Å². The summed E-state index contributed by atoms with van der Waals surface area (Å²) in [5, 5.41) is 9.33. The zero-order valence-corrected chi connectivity index (χ0v) is 11.5. The number of alkyl halides is 3. The minimum Gasteiger partial charge on any atom is -0.481 e. The average Bonchev–Trinajstić information content (AvgIpc) is 2.29. The first-order chi connectivity index (χ1) is 9.18. The molecule has 0 saturated carbocycles. The highest BCUT2D eigenvalue weighted by molar-refractivity contribution is 6.31. The highest BCUT2D eigenvalue weighted by atomic mass is 35.5. The molecule has 0 spiro atoms. The Morgan fingerprint density at radius 3 is 2.75 bits per heavy atom. The lowest BCUT2D eigenvalue weighted by Crippen LogP contribution is -2.44. The highest BCUT2D eigenvalue weighted by Crippen LogP contribution is 2.43. The molecule has 2 rings (SSSR count). The van der Waals surface area contributed by atoms with E-state index in [1.54, 1.807) is 13.0 Å². The molecule has 1 N–H and O–H groups in total. The van der Waals surface area contributed by atoms with Gasteiger partial charge < -0.3 is 9.84 Å². The average molecular weight is 311 g/mol. The summed E-state index contributed by atoms with van der Waals surface area (Å²) in [6.07, 6.45) is -6.02. The van der Waals surface area contributed by atoms with Crippen LogP contribution in [-0.2, 0) is 9.53 Å². The van der Waals surface area contributed by atoms with Crippen LogP contribution in [0.1, 0.15) is 26.2 Å². The topological polar surface area (TPSA) is 46.5 Å². The van der Waals surface area contributed by atoms with Gasteiger partial charge in [0.15, 0.2) is 6.10 Å². The van der Waals surface area contributed by atoms with Crippen molar-refractivity contribution in [1.29, 1.82) is 0 Å². The van der Waals surface area contributed by atoms with Crippen LogP contribution in [0.3, 0.4) is 0 Å². The molecule has 1 saturated heterocycles. The van der Waals surface area contributed by atoms with E-state index in [1.807, 2.05) is 0 Å². The van der Waals surface area contributed by atoms with Crippen molar-refractivity contribution in [2.24, 2.45) is 5.92 Å². The normalized spacial score (nSPS) is 30.9. The summed E-state index contributed by atoms with van der Waals surface area (Å²) in [6.45, 7) is 1.72. The number of ether oxygens (including phenoxy) is 1. The van der Waals surface area contributed by atoms with Crippen LogP contribution < -0.4 is 0 Å². The Morgan fingerprint density at radius 1 is 1.55 bits per heavy atom. The number of aliphatic carboxylic acids is 1. The zero-order valence-electron chi connectivity index (χ0n) is 10.7. The fraction of sp³-hybridized carbons (Fsp3) is 0.615. The largest absolute Gasteiger partial charge is 0.481 e. The molecule has 1 heterocycles. The van der Waals surface area contributed by atoms with Gasteiger partial charge in [-0.15, -0.1) is 0 Å². The van der Waals surface area contributed by atoms with Crippen molar-refractivity contribution >= 4 is 17.6 Å². The quantitative estimate of drug-likeness (QED) is 0.847. The molecule has 0 amide bonds. The first-order valence-corrected chi connectivity index (χ1v) is 6.57. The first-order valence-electron chi connectivity index (χ1n) is 6.19. The molecule has 20 heavy (non-hydrogen) atoms. The van der Waals surface area contributed by atoms with E-state index in [1.165, 1.54) is 0 Å². The third kappa shape index (κ3) is 3.17. The van der Waals surface area contributed by atoms with Crippen molar-refractivity contribution in [1.82, 2.24) is 0 Å². The molecule has 1 aliphatic heterocycles. The molecular weight excluding hydrogens is 297 g/mol. The number of halogens is 4. The van der Waals surface area contributed by atoms with Gasteiger partial charge in [0.1, 0.15) is 0 Å². The molecule has 7 heteroatoms. The van der Waals surface area contributed by atoms with E-state index in [0.717, 1.165) is 5.57 Å². The Kier molecular flexibility index (Phi) is 4.16. The molecule has 1 aliphatic carbocycles. The third-order valence-electron chi connectivity index (χ3n) is 3.65. The predicted octanol–water partition coefficient (Wildman–Crippen LogP) is 3.64. The first kappa shape index (κ1) is 15.4. The standard InChI is InChI=1S/C13H14ClF3O3/c1-6-2-10-8(5-9(6)14)7(4-12(18)19)3-11(20-10)13(15,16)17/h5,7,10-11H,2-4H2,1H3,(H,18,19). The smallest absolute Gasteiger partial charge is 0.414 e. The monoisotopic (exact) mass is 310 g/mol. The van der Waals surface area contributed by atoms with Crippen molar-refractivity contribution in [3.8, 4) is 0 Å². The lowest BCUT2D eigenvalue weighted by atomic mass is 9.79. The van der Waals surface area contributed by atoms with Gasteiger partial charge in [-0.1, -0.05) is 17.2 Å². The number of hydrogen-bond acceptors (Lipinski definition) is 2. The van der Waals surface area contributed by atoms with Gasteiger partial charge in [-0.05, 0) is 37.3 Å². The van der Waals surface area contributed by atoms with Crippen molar-refractivity contribution in [2.75, 3.05) is 0 Å². The third-order valence-corrected chi connectivity index (χ3v) is 4.08.